The molecule has 0 aromatic heterocycles. The van der Waals surface area contributed by atoms with Crippen LogP contribution >= 0.6 is 0 Å². The average molecular weight is 296 g/mol. The third-order valence-electron chi connectivity index (χ3n) is 3.74. The molecule has 0 aliphatic carbocycles. The van der Waals surface area contributed by atoms with E-state index in [1.807, 2.05) is 12.1 Å². The largest absolute Gasteiger partial charge is 0.490 e. The maximum Gasteiger partial charge on any atom is 0.282 e. The van der Waals surface area contributed by atoms with Gasteiger partial charge in [0, 0.05) is 0 Å². The topological polar surface area (TPSA) is 56.8 Å². The second kappa shape index (κ2) is 6.52. The van der Waals surface area contributed by atoms with Crippen molar-refractivity contribution in [2.75, 3.05) is 13.2 Å². The van der Waals surface area contributed by atoms with Gasteiger partial charge in [0.25, 0.3) is 6.02 Å². The second-order valence-electron chi connectivity index (χ2n) is 5.26. The number of rotatable bonds is 5. The van der Waals surface area contributed by atoms with Crippen LogP contribution in [-0.4, -0.2) is 25.3 Å². The third-order valence-corrected chi connectivity index (χ3v) is 3.74. The number of nitrogens with zero attached hydrogens (tertiary/aromatic N) is 1. The fourth-order valence-corrected chi connectivity index (χ4v) is 2.55. The van der Waals surface area contributed by atoms with Gasteiger partial charge in [0.15, 0.2) is 6.10 Å². The summed E-state index contributed by atoms with van der Waals surface area (Å²) in [6.45, 7) is 3.19. The molecular formula is C18H20N2O2. The van der Waals surface area contributed by atoms with E-state index in [1.54, 1.807) is 0 Å². The van der Waals surface area contributed by atoms with Crippen LogP contribution in [0.25, 0.3) is 11.1 Å². The van der Waals surface area contributed by atoms with Crippen molar-refractivity contribution in [2.45, 2.75) is 19.4 Å². The van der Waals surface area contributed by atoms with Crippen molar-refractivity contribution in [1.29, 1.82) is 0 Å². The van der Waals surface area contributed by atoms with Crippen LogP contribution in [0, 0.1) is 0 Å². The minimum Gasteiger partial charge on any atom is -0.490 e. The van der Waals surface area contributed by atoms with E-state index in [1.165, 1.54) is 16.7 Å². The van der Waals surface area contributed by atoms with Crippen LogP contribution in [0.15, 0.2) is 53.5 Å². The van der Waals surface area contributed by atoms with Crippen molar-refractivity contribution in [3.8, 4) is 16.9 Å². The molecule has 1 aliphatic rings. The monoisotopic (exact) mass is 296 g/mol. The highest BCUT2D eigenvalue weighted by atomic mass is 16.5. The quantitative estimate of drug-likeness (QED) is 0.922. The molecule has 2 N–H and O–H groups in total. The zero-order valence-electron chi connectivity index (χ0n) is 12.7. The molecular weight excluding hydrogens is 276 g/mol. The zero-order valence-corrected chi connectivity index (χ0v) is 12.7. The van der Waals surface area contributed by atoms with E-state index in [9.17, 15) is 0 Å². The number of amidine groups is 1. The third kappa shape index (κ3) is 3.22. The molecule has 3 rings (SSSR count). The van der Waals surface area contributed by atoms with Gasteiger partial charge in [-0.3, -0.25) is 0 Å². The van der Waals surface area contributed by atoms with Gasteiger partial charge in [0.1, 0.15) is 12.4 Å². The highest BCUT2D eigenvalue weighted by molar-refractivity contribution is 5.73. The van der Waals surface area contributed by atoms with Gasteiger partial charge in [-0.2, -0.15) is 0 Å². The normalized spacial score (nSPS) is 17.0. The predicted octanol–water partition coefficient (Wildman–Crippen LogP) is 3.01. The molecule has 1 heterocycles. The maximum absolute atomic E-state index is 5.73. The van der Waals surface area contributed by atoms with Gasteiger partial charge < -0.3 is 15.2 Å². The minimum absolute atomic E-state index is 0.0829. The lowest BCUT2D eigenvalue weighted by Crippen LogP contribution is -2.24. The van der Waals surface area contributed by atoms with Gasteiger partial charge in [0.2, 0.25) is 0 Å². The van der Waals surface area contributed by atoms with Crippen molar-refractivity contribution in [3.05, 3.63) is 54.1 Å². The van der Waals surface area contributed by atoms with Crippen LogP contribution < -0.4 is 10.5 Å². The molecule has 1 unspecified atom stereocenters. The molecule has 0 saturated carbocycles. The molecule has 0 bridgehead atoms. The first kappa shape index (κ1) is 14.4. The molecule has 2 aromatic carbocycles. The van der Waals surface area contributed by atoms with E-state index in [4.69, 9.17) is 15.2 Å². The Bertz CT molecular complexity index is 665. The molecule has 22 heavy (non-hydrogen) atoms. The Kier molecular flexibility index (Phi) is 4.28. The summed E-state index contributed by atoms with van der Waals surface area (Å²) in [6, 6.07) is 16.9. The SMILES string of the molecule is CCc1ccccc1-c1ccc(OCC2CN=C(N)O2)cc1. The lowest BCUT2D eigenvalue weighted by atomic mass is 9.98. The highest BCUT2D eigenvalue weighted by Crippen LogP contribution is 2.26. The summed E-state index contributed by atoms with van der Waals surface area (Å²) in [5.41, 5.74) is 9.31. The smallest absolute Gasteiger partial charge is 0.282 e. The van der Waals surface area contributed by atoms with E-state index < -0.39 is 0 Å². The van der Waals surface area contributed by atoms with Crippen molar-refractivity contribution in [2.24, 2.45) is 10.7 Å². The molecule has 2 aromatic rings. The van der Waals surface area contributed by atoms with E-state index in [0.717, 1.165) is 12.2 Å². The number of aliphatic imine (C=N–C) groups is 1. The molecule has 0 spiro atoms. The second-order valence-corrected chi connectivity index (χ2v) is 5.26. The summed E-state index contributed by atoms with van der Waals surface area (Å²) in [5, 5.41) is 0. The lowest BCUT2D eigenvalue weighted by Gasteiger charge is -2.12. The zero-order chi connectivity index (χ0) is 15.4. The molecule has 0 fully saturated rings. The summed E-state index contributed by atoms with van der Waals surface area (Å²) in [5.74, 6) is 0.826. The summed E-state index contributed by atoms with van der Waals surface area (Å²) in [6.07, 6.45) is 0.940. The summed E-state index contributed by atoms with van der Waals surface area (Å²) < 4.78 is 11.0. The van der Waals surface area contributed by atoms with Gasteiger partial charge in [-0.25, -0.2) is 4.99 Å². The highest BCUT2D eigenvalue weighted by Gasteiger charge is 2.18. The summed E-state index contributed by atoms with van der Waals surface area (Å²) in [7, 11) is 0. The minimum atomic E-state index is -0.0829. The Morgan fingerprint density at radius 1 is 1.18 bits per heavy atom. The van der Waals surface area contributed by atoms with Crippen LogP contribution in [0.2, 0.25) is 0 Å². The lowest BCUT2D eigenvalue weighted by molar-refractivity contribution is 0.141. The van der Waals surface area contributed by atoms with Crippen molar-refractivity contribution in [1.82, 2.24) is 0 Å². The first-order valence-electron chi connectivity index (χ1n) is 7.54. The van der Waals surface area contributed by atoms with Crippen LogP contribution in [0.1, 0.15) is 12.5 Å². The Morgan fingerprint density at radius 2 is 1.95 bits per heavy atom. The number of hydrogen-bond donors (Lipinski definition) is 1. The van der Waals surface area contributed by atoms with Crippen LogP contribution in [0.3, 0.4) is 0 Å². The first-order valence-corrected chi connectivity index (χ1v) is 7.54. The van der Waals surface area contributed by atoms with Crippen LogP contribution in [0.4, 0.5) is 0 Å². The van der Waals surface area contributed by atoms with Crippen molar-refractivity contribution < 1.29 is 9.47 Å². The summed E-state index contributed by atoms with van der Waals surface area (Å²) >= 11 is 0. The van der Waals surface area contributed by atoms with Gasteiger partial charge >= 0.3 is 0 Å². The van der Waals surface area contributed by atoms with Gasteiger partial charge in [-0.15, -0.1) is 0 Å². The molecule has 1 aliphatic heterocycles. The fraction of sp³-hybridized carbons (Fsp3) is 0.278. The fourth-order valence-electron chi connectivity index (χ4n) is 2.55. The number of nitrogens with two attached hydrogens (primary N) is 1. The van der Waals surface area contributed by atoms with E-state index in [-0.39, 0.29) is 12.1 Å². The molecule has 0 saturated heterocycles. The van der Waals surface area contributed by atoms with Crippen molar-refractivity contribution >= 4 is 6.02 Å². The van der Waals surface area contributed by atoms with Gasteiger partial charge in [0.05, 0.1) is 6.54 Å². The van der Waals surface area contributed by atoms with Crippen molar-refractivity contribution in [3.63, 3.8) is 0 Å². The molecule has 1 atom stereocenters. The Morgan fingerprint density at radius 3 is 2.64 bits per heavy atom. The van der Waals surface area contributed by atoms with Crippen LogP contribution in [0.5, 0.6) is 5.75 Å². The summed E-state index contributed by atoms with van der Waals surface area (Å²) in [4.78, 5) is 3.99. The van der Waals surface area contributed by atoms with Gasteiger partial charge in [-0.05, 0) is 35.2 Å². The standard InChI is InChI=1S/C18H20N2O2/c1-2-13-5-3-4-6-17(13)14-7-9-15(10-8-14)21-12-16-11-20-18(19)22-16/h3-10,16H,2,11-12H2,1H3,(H2,19,20). The molecule has 0 amide bonds. The number of ether oxygens (including phenoxy) is 2. The van der Waals surface area contributed by atoms with E-state index in [0.29, 0.717) is 13.2 Å². The molecule has 4 nitrogen and oxygen atoms in total. The molecule has 4 heteroatoms. The average Bonchev–Trinajstić information content (AvgIpc) is 2.99. The Labute approximate surface area is 130 Å². The number of benzene rings is 2. The number of aryl methyl sites for hydroxylation is 1. The molecule has 114 valence electrons. The Hall–Kier alpha value is -2.49. The maximum atomic E-state index is 5.73. The van der Waals surface area contributed by atoms with Gasteiger partial charge in [-0.1, -0.05) is 43.3 Å². The van der Waals surface area contributed by atoms with Crippen LogP contribution in [-0.2, 0) is 11.2 Å². The van der Waals surface area contributed by atoms with E-state index in [2.05, 4.69) is 48.3 Å². The first-order chi connectivity index (χ1) is 10.8. The van der Waals surface area contributed by atoms with E-state index >= 15 is 0 Å². The molecule has 0 radical (unpaired) electrons. The Balaban J connectivity index is 1.65. The predicted molar refractivity (Wildman–Crippen MR) is 88.1 cm³/mol. The number of hydrogen-bond acceptors (Lipinski definition) is 4.